The molecule has 0 aliphatic carbocycles. The van der Waals surface area contributed by atoms with E-state index >= 15 is 0 Å². The first-order chi connectivity index (χ1) is 15.1. The van der Waals surface area contributed by atoms with Crippen LogP contribution in [0.15, 0.2) is 71.8 Å². The molecule has 0 unspecified atom stereocenters. The Hall–Kier alpha value is -2.69. The molecule has 6 heteroatoms. The molecular formula is C25H22Cl2N2O2. The number of fused-ring (bicyclic) bond motifs is 3. The molecule has 3 aromatic carbocycles. The minimum atomic E-state index is -0.391. The van der Waals surface area contributed by atoms with Crippen LogP contribution < -0.4 is 9.47 Å². The fourth-order valence-electron chi connectivity index (χ4n) is 4.09. The van der Waals surface area contributed by atoms with Crippen LogP contribution in [0.5, 0.6) is 11.5 Å². The number of benzene rings is 3. The number of hydrazone groups is 1. The maximum absolute atomic E-state index is 6.54. The number of hydrogen-bond acceptors (Lipinski definition) is 4. The van der Waals surface area contributed by atoms with E-state index in [-0.39, 0.29) is 6.04 Å². The fourth-order valence-corrected chi connectivity index (χ4v) is 4.64. The van der Waals surface area contributed by atoms with Gasteiger partial charge in [0, 0.05) is 22.6 Å². The van der Waals surface area contributed by atoms with Crippen molar-refractivity contribution in [2.24, 2.45) is 5.10 Å². The summed E-state index contributed by atoms with van der Waals surface area (Å²) < 4.78 is 12.1. The zero-order chi connectivity index (χ0) is 21.4. The van der Waals surface area contributed by atoms with Crippen molar-refractivity contribution in [2.75, 3.05) is 6.61 Å². The van der Waals surface area contributed by atoms with Crippen molar-refractivity contribution in [2.45, 2.75) is 32.0 Å². The van der Waals surface area contributed by atoms with Crippen LogP contribution in [-0.2, 0) is 0 Å². The van der Waals surface area contributed by atoms with Gasteiger partial charge in [0.1, 0.15) is 11.5 Å². The first-order valence-electron chi connectivity index (χ1n) is 10.4. The summed E-state index contributed by atoms with van der Waals surface area (Å²) in [5.41, 5.74) is 4.08. The molecule has 0 fully saturated rings. The van der Waals surface area contributed by atoms with Crippen molar-refractivity contribution < 1.29 is 9.47 Å². The second kappa shape index (κ2) is 8.45. The molecule has 0 saturated carbocycles. The van der Waals surface area contributed by atoms with Crippen molar-refractivity contribution in [3.63, 3.8) is 0 Å². The van der Waals surface area contributed by atoms with Gasteiger partial charge >= 0.3 is 0 Å². The summed E-state index contributed by atoms with van der Waals surface area (Å²) in [7, 11) is 0. The third-order valence-corrected chi connectivity index (χ3v) is 6.05. The summed E-state index contributed by atoms with van der Waals surface area (Å²) in [6.07, 6.45) is 1.33. The van der Waals surface area contributed by atoms with E-state index in [2.05, 4.69) is 19.1 Å². The molecule has 0 N–H and O–H groups in total. The van der Waals surface area contributed by atoms with Gasteiger partial charge in [0.25, 0.3) is 0 Å². The number of halogens is 2. The molecule has 4 nitrogen and oxygen atoms in total. The number of ether oxygens (including phenoxy) is 2. The van der Waals surface area contributed by atoms with E-state index in [1.165, 1.54) is 0 Å². The Bertz CT molecular complexity index is 1120. The Labute approximate surface area is 192 Å². The average Bonchev–Trinajstić information content (AvgIpc) is 3.24. The Morgan fingerprint density at radius 1 is 1.06 bits per heavy atom. The van der Waals surface area contributed by atoms with Gasteiger partial charge in [0.05, 0.1) is 23.4 Å². The van der Waals surface area contributed by atoms with E-state index < -0.39 is 6.23 Å². The van der Waals surface area contributed by atoms with Crippen molar-refractivity contribution in [3.05, 3.63) is 93.5 Å². The molecule has 2 heterocycles. The first kappa shape index (κ1) is 20.2. The predicted octanol–water partition coefficient (Wildman–Crippen LogP) is 7.02. The first-order valence-corrected chi connectivity index (χ1v) is 11.2. The number of rotatable bonds is 5. The molecule has 2 aliphatic rings. The predicted molar refractivity (Wildman–Crippen MR) is 124 cm³/mol. The minimum Gasteiger partial charge on any atom is -0.494 e. The van der Waals surface area contributed by atoms with Crippen molar-refractivity contribution in [1.82, 2.24) is 5.01 Å². The van der Waals surface area contributed by atoms with Crippen LogP contribution in [0, 0.1) is 0 Å². The quantitative estimate of drug-likeness (QED) is 0.416. The van der Waals surface area contributed by atoms with Crippen LogP contribution in [0.1, 0.15) is 48.7 Å². The molecule has 3 aromatic rings. The van der Waals surface area contributed by atoms with Crippen molar-refractivity contribution >= 4 is 28.9 Å². The van der Waals surface area contributed by atoms with Gasteiger partial charge in [-0.1, -0.05) is 60.5 Å². The SMILES string of the molecule is CCCOc1ccc([C@H]2Oc3c(Cl)cc(Cl)cc3[C@H]3CC(c4ccccc4)=NN32)cc1. The molecule has 2 aliphatic heterocycles. The molecule has 31 heavy (non-hydrogen) atoms. The third-order valence-electron chi connectivity index (χ3n) is 5.55. The van der Waals surface area contributed by atoms with Gasteiger partial charge in [-0.25, -0.2) is 5.01 Å². The van der Waals surface area contributed by atoms with Crippen molar-refractivity contribution in [1.29, 1.82) is 0 Å². The van der Waals surface area contributed by atoms with Crippen LogP contribution in [0.2, 0.25) is 10.0 Å². The van der Waals surface area contributed by atoms with Crippen LogP contribution >= 0.6 is 23.2 Å². The lowest BCUT2D eigenvalue weighted by molar-refractivity contribution is -0.0189. The monoisotopic (exact) mass is 452 g/mol. The van der Waals surface area contributed by atoms with Crippen LogP contribution in [0.4, 0.5) is 0 Å². The van der Waals surface area contributed by atoms with Crippen LogP contribution in [0.25, 0.3) is 0 Å². The molecule has 0 bridgehead atoms. The molecule has 158 valence electrons. The average molecular weight is 453 g/mol. The second-order valence-corrected chi connectivity index (χ2v) is 8.55. The molecule has 0 saturated heterocycles. The fraction of sp³-hybridized carbons (Fsp3) is 0.240. The molecule has 0 spiro atoms. The Morgan fingerprint density at radius 3 is 2.58 bits per heavy atom. The lowest BCUT2D eigenvalue weighted by atomic mass is 9.96. The van der Waals surface area contributed by atoms with E-state index in [0.29, 0.717) is 22.4 Å². The van der Waals surface area contributed by atoms with E-state index in [0.717, 1.165) is 41.0 Å². The van der Waals surface area contributed by atoms with Gasteiger partial charge in [-0.05, 0) is 48.4 Å². The summed E-state index contributed by atoms with van der Waals surface area (Å²) in [6, 6.07) is 21.9. The summed E-state index contributed by atoms with van der Waals surface area (Å²) in [5, 5.41) is 8.11. The van der Waals surface area contributed by atoms with E-state index in [1.807, 2.05) is 53.5 Å². The van der Waals surface area contributed by atoms with E-state index in [1.54, 1.807) is 6.07 Å². The lowest BCUT2D eigenvalue weighted by Crippen LogP contribution is -2.33. The zero-order valence-electron chi connectivity index (χ0n) is 17.1. The highest BCUT2D eigenvalue weighted by Gasteiger charge is 2.42. The number of nitrogens with zero attached hydrogens (tertiary/aromatic N) is 2. The Morgan fingerprint density at radius 2 is 1.84 bits per heavy atom. The standard InChI is InChI=1S/C25H22Cl2N2O2/c1-2-12-30-19-10-8-17(9-11-19)25-29-23(15-22(28-29)16-6-4-3-5-7-16)20-13-18(26)14-21(27)24(20)31-25/h3-11,13-14,23,25H,2,12,15H2,1H3/t23-,25-/m1/s1. The zero-order valence-corrected chi connectivity index (χ0v) is 18.6. The summed E-state index contributed by atoms with van der Waals surface area (Å²) in [4.78, 5) is 0. The van der Waals surface area contributed by atoms with Gasteiger partial charge in [-0.2, -0.15) is 5.10 Å². The van der Waals surface area contributed by atoms with Gasteiger partial charge in [-0.15, -0.1) is 0 Å². The Balaban J connectivity index is 1.55. The highest BCUT2D eigenvalue weighted by atomic mass is 35.5. The van der Waals surface area contributed by atoms with Crippen LogP contribution in [-0.4, -0.2) is 17.3 Å². The smallest absolute Gasteiger partial charge is 0.213 e. The molecule has 5 rings (SSSR count). The van der Waals surface area contributed by atoms with E-state index in [4.69, 9.17) is 37.8 Å². The summed E-state index contributed by atoms with van der Waals surface area (Å²) >= 11 is 12.9. The normalized spacial score (nSPS) is 19.3. The molecule has 0 radical (unpaired) electrons. The van der Waals surface area contributed by atoms with Crippen LogP contribution in [0.3, 0.4) is 0 Å². The Kier molecular flexibility index (Phi) is 5.51. The summed E-state index contributed by atoms with van der Waals surface area (Å²) in [5.74, 6) is 1.52. The minimum absolute atomic E-state index is 0.00354. The molecule has 2 atom stereocenters. The second-order valence-electron chi connectivity index (χ2n) is 7.71. The molecule has 0 aromatic heterocycles. The highest BCUT2D eigenvalue weighted by Crippen LogP contribution is 2.50. The third kappa shape index (κ3) is 3.86. The molecule has 0 amide bonds. The summed E-state index contributed by atoms with van der Waals surface area (Å²) in [6.45, 7) is 2.79. The topological polar surface area (TPSA) is 34.1 Å². The van der Waals surface area contributed by atoms with Gasteiger partial charge in [0.2, 0.25) is 6.23 Å². The largest absolute Gasteiger partial charge is 0.494 e. The van der Waals surface area contributed by atoms with Gasteiger partial charge < -0.3 is 9.47 Å². The molecular weight excluding hydrogens is 431 g/mol. The van der Waals surface area contributed by atoms with Gasteiger partial charge in [0.15, 0.2) is 0 Å². The van der Waals surface area contributed by atoms with E-state index in [9.17, 15) is 0 Å². The lowest BCUT2D eigenvalue weighted by Gasteiger charge is -2.38. The van der Waals surface area contributed by atoms with Crippen molar-refractivity contribution in [3.8, 4) is 11.5 Å². The maximum Gasteiger partial charge on any atom is 0.213 e. The maximum atomic E-state index is 6.54. The highest BCUT2D eigenvalue weighted by molar-refractivity contribution is 6.35. The number of hydrogen-bond donors (Lipinski definition) is 0. The van der Waals surface area contributed by atoms with Gasteiger partial charge in [-0.3, -0.25) is 0 Å².